The van der Waals surface area contributed by atoms with Crippen LogP contribution in [0.5, 0.6) is 0 Å². The molecule has 10 rings (SSSR count). The molecule has 0 N–H and O–H groups in total. The van der Waals surface area contributed by atoms with Crippen molar-refractivity contribution in [2.24, 2.45) is 0 Å². The van der Waals surface area contributed by atoms with Crippen molar-refractivity contribution < 1.29 is 0 Å². The summed E-state index contributed by atoms with van der Waals surface area (Å²) in [6.07, 6.45) is 5.53. The number of aromatic nitrogens is 2. The fourth-order valence-corrected chi connectivity index (χ4v) is 7.84. The van der Waals surface area contributed by atoms with E-state index in [0.717, 1.165) is 6.42 Å². The Balaban J connectivity index is 1.03. The molecule has 0 unspecified atom stereocenters. The normalized spacial score (nSPS) is 12.3. The second kappa shape index (κ2) is 11.1. The minimum Gasteiger partial charge on any atom is -0.313 e. The van der Waals surface area contributed by atoms with Crippen LogP contribution in [0.3, 0.4) is 0 Å². The summed E-state index contributed by atoms with van der Waals surface area (Å²) in [4.78, 5) is 0. The van der Waals surface area contributed by atoms with Crippen molar-refractivity contribution in [3.8, 4) is 44.8 Å². The van der Waals surface area contributed by atoms with Crippen LogP contribution in [-0.2, 0) is 6.42 Å². The van der Waals surface area contributed by atoms with Gasteiger partial charge in [0.05, 0.1) is 16.6 Å². The third-order valence-electron chi connectivity index (χ3n) is 10.2. The molecule has 1 aliphatic carbocycles. The summed E-state index contributed by atoms with van der Waals surface area (Å²) in [5.41, 5.74) is 16.1. The molecule has 0 fully saturated rings. The van der Waals surface area contributed by atoms with Crippen LogP contribution >= 0.6 is 0 Å². The maximum Gasteiger partial charge on any atom is 0.0541 e. The van der Waals surface area contributed by atoms with Crippen molar-refractivity contribution in [1.82, 2.24) is 9.13 Å². The molecule has 9 aromatic rings. The molecule has 7 aromatic carbocycles. The van der Waals surface area contributed by atoms with E-state index < -0.39 is 0 Å². The van der Waals surface area contributed by atoms with Crippen LogP contribution in [0.2, 0.25) is 0 Å². The Hall–Kier alpha value is -6.38. The number of hydrogen-bond donors (Lipinski definition) is 0. The van der Waals surface area contributed by atoms with Gasteiger partial charge in [0.2, 0.25) is 0 Å². The first kappa shape index (κ1) is 27.7. The average Bonchev–Trinajstić information content (AvgIpc) is 3.87. The van der Waals surface area contributed by atoms with Crippen LogP contribution in [0, 0.1) is 0 Å². The van der Waals surface area contributed by atoms with Gasteiger partial charge in [-0.1, -0.05) is 127 Å². The van der Waals surface area contributed by atoms with Crippen molar-refractivity contribution >= 4 is 38.8 Å². The SMILES string of the molecule is C1=Cc2c(n(-c3ccccc3)c3ccc(-c4ccc(-c5ccc6c(c5)c5ccccc5n6-c5cccc(-c6ccccc6)c5)cc4)cc23)C1. The molecule has 0 atom stereocenters. The lowest BCUT2D eigenvalue weighted by Crippen LogP contribution is -1.98. The van der Waals surface area contributed by atoms with Gasteiger partial charge in [-0.25, -0.2) is 0 Å². The van der Waals surface area contributed by atoms with Crippen LogP contribution in [0.25, 0.3) is 83.5 Å². The van der Waals surface area contributed by atoms with E-state index in [1.54, 1.807) is 0 Å². The second-order valence-electron chi connectivity index (χ2n) is 12.9. The standard InChI is InChI=1S/C47H32N2/c1-3-11-32(12-4-1)35-13-9-16-39(29-35)49-44-19-8-7-17-40(44)42-30-37(26-28-47(42)49)34-23-21-33(22-24-34)36-25-27-46-43(31-36)41-18-10-20-45(41)48(46)38-14-5-2-6-15-38/h1-19,21-31H,20H2. The van der Waals surface area contributed by atoms with Crippen LogP contribution in [0.4, 0.5) is 0 Å². The van der Waals surface area contributed by atoms with Gasteiger partial charge in [-0.05, 0) is 88.0 Å². The number of allylic oxidation sites excluding steroid dienone is 1. The van der Waals surface area contributed by atoms with Gasteiger partial charge in [0.15, 0.2) is 0 Å². The Kier molecular flexibility index (Phi) is 6.28. The first-order chi connectivity index (χ1) is 24.3. The molecule has 230 valence electrons. The van der Waals surface area contributed by atoms with Crippen molar-refractivity contribution in [1.29, 1.82) is 0 Å². The van der Waals surface area contributed by atoms with Gasteiger partial charge in [0.25, 0.3) is 0 Å². The van der Waals surface area contributed by atoms with Gasteiger partial charge in [0, 0.05) is 45.2 Å². The zero-order valence-electron chi connectivity index (χ0n) is 26.9. The predicted octanol–water partition coefficient (Wildman–Crippen LogP) is 12.3. The molecule has 0 bridgehead atoms. The Labute approximate surface area is 285 Å². The highest BCUT2D eigenvalue weighted by molar-refractivity contribution is 6.10. The Bertz CT molecular complexity index is 2710. The molecule has 2 aromatic heterocycles. The second-order valence-corrected chi connectivity index (χ2v) is 12.9. The molecule has 2 nitrogen and oxygen atoms in total. The fraction of sp³-hybridized carbons (Fsp3) is 0.0213. The van der Waals surface area contributed by atoms with Gasteiger partial charge < -0.3 is 9.13 Å². The highest BCUT2D eigenvalue weighted by Gasteiger charge is 2.20. The number of hydrogen-bond acceptors (Lipinski definition) is 0. The van der Waals surface area contributed by atoms with Crippen molar-refractivity contribution in [3.05, 3.63) is 187 Å². The van der Waals surface area contributed by atoms with E-state index in [2.05, 4.69) is 191 Å². The van der Waals surface area contributed by atoms with Gasteiger partial charge in [-0.15, -0.1) is 0 Å². The summed E-state index contributed by atoms with van der Waals surface area (Å²) in [6.45, 7) is 0. The molecule has 49 heavy (non-hydrogen) atoms. The smallest absolute Gasteiger partial charge is 0.0541 e. The zero-order chi connectivity index (χ0) is 32.3. The summed E-state index contributed by atoms with van der Waals surface area (Å²) in [5.74, 6) is 0. The summed E-state index contributed by atoms with van der Waals surface area (Å²) < 4.78 is 4.82. The quantitative estimate of drug-likeness (QED) is 0.180. The van der Waals surface area contributed by atoms with E-state index >= 15 is 0 Å². The third-order valence-corrected chi connectivity index (χ3v) is 10.2. The lowest BCUT2D eigenvalue weighted by Gasteiger charge is -2.11. The fourth-order valence-electron chi connectivity index (χ4n) is 7.84. The molecular weight excluding hydrogens is 593 g/mol. The summed E-state index contributed by atoms with van der Waals surface area (Å²) in [5, 5.41) is 3.83. The number of nitrogens with zero attached hydrogens (tertiary/aromatic N) is 2. The van der Waals surface area contributed by atoms with E-state index in [1.165, 1.54) is 88.7 Å². The average molecular weight is 625 g/mol. The summed E-state index contributed by atoms with van der Waals surface area (Å²) in [6, 6.07) is 61.8. The Morgan fingerprint density at radius 3 is 1.63 bits per heavy atom. The van der Waals surface area contributed by atoms with Crippen LogP contribution < -0.4 is 0 Å². The molecule has 0 saturated carbocycles. The van der Waals surface area contributed by atoms with Crippen LogP contribution in [-0.4, -0.2) is 9.13 Å². The van der Waals surface area contributed by atoms with E-state index in [1.807, 2.05) is 0 Å². The molecule has 0 radical (unpaired) electrons. The van der Waals surface area contributed by atoms with Gasteiger partial charge in [0.1, 0.15) is 0 Å². The summed E-state index contributed by atoms with van der Waals surface area (Å²) >= 11 is 0. The molecule has 0 aliphatic heterocycles. The highest BCUT2D eigenvalue weighted by atomic mass is 15.0. The van der Waals surface area contributed by atoms with E-state index in [9.17, 15) is 0 Å². The van der Waals surface area contributed by atoms with Gasteiger partial charge in [-0.2, -0.15) is 0 Å². The largest absolute Gasteiger partial charge is 0.313 e. The molecule has 0 amide bonds. The monoisotopic (exact) mass is 624 g/mol. The lowest BCUT2D eigenvalue weighted by atomic mass is 9.98. The van der Waals surface area contributed by atoms with Gasteiger partial charge in [-0.3, -0.25) is 0 Å². The van der Waals surface area contributed by atoms with Crippen LogP contribution in [0.1, 0.15) is 11.3 Å². The predicted molar refractivity (Wildman–Crippen MR) is 207 cm³/mol. The van der Waals surface area contributed by atoms with Crippen LogP contribution in [0.15, 0.2) is 176 Å². The molecular formula is C47H32N2. The molecule has 2 heterocycles. The first-order valence-electron chi connectivity index (χ1n) is 17.0. The van der Waals surface area contributed by atoms with Gasteiger partial charge >= 0.3 is 0 Å². The van der Waals surface area contributed by atoms with Crippen molar-refractivity contribution in [3.63, 3.8) is 0 Å². The Morgan fingerprint density at radius 1 is 0.347 bits per heavy atom. The molecule has 0 saturated heterocycles. The van der Waals surface area contributed by atoms with E-state index in [0.29, 0.717) is 0 Å². The first-order valence-corrected chi connectivity index (χ1v) is 17.0. The maximum absolute atomic E-state index is 2.42. The third kappa shape index (κ3) is 4.49. The van der Waals surface area contributed by atoms with Crippen molar-refractivity contribution in [2.45, 2.75) is 6.42 Å². The number of para-hydroxylation sites is 2. The number of rotatable bonds is 5. The zero-order valence-corrected chi connectivity index (χ0v) is 26.9. The number of fused-ring (bicyclic) bond motifs is 6. The lowest BCUT2D eigenvalue weighted by molar-refractivity contribution is 1.01. The number of benzene rings is 7. The molecule has 0 spiro atoms. The minimum atomic E-state index is 0.964. The summed E-state index contributed by atoms with van der Waals surface area (Å²) in [7, 11) is 0. The van der Waals surface area contributed by atoms with E-state index in [4.69, 9.17) is 0 Å². The molecule has 2 heteroatoms. The molecule has 1 aliphatic rings. The van der Waals surface area contributed by atoms with Crippen molar-refractivity contribution in [2.75, 3.05) is 0 Å². The topological polar surface area (TPSA) is 9.86 Å². The highest BCUT2D eigenvalue weighted by Crippen LogP contribution is 2.39. The maximum atomic E-state index is 2.42. The minimum absolute atomic E-state index is 0.964. The van der Waals surface area contributed by atoms with E-state index in [-0.39, 0.29) is 0 Å². The Morgan fingerprint density at radius 2 is 0.878 bits per heavy atom.